The van der Waals surface area contributed by atoms with Crippen LogP contribution in [0.15, 0.2) is 42.5 Å². The third-order valence-corrected chi connectivity index (χ3v) is 5.71. The zero-order valence-corrected chi connectivity index (χ0v) is 17.9. The highest BCUT2D eigenvalue weighted by Gasteiger charge is 2.18. The Hall–Kier alpha value is -2.08. The van der Waals surface area contributed by atoms with E-state index in [0.29, 0.717) is 13.2 Å². The summed E-state index contributed by atoms with van der Waals surface area (Å²) in [6.45, 7) is 6.52. The molecule has 2 unspecified atom stereocenters. The lowest BCUT2D eigenvalue weighted by molar-refractivity contribution is 0.0652. The Kier molecular flexibility index (Phi) is 7.62. The van der Waals surface area contributed by atoms with Gasteiger partial charge in [0.2, 0.25) is 0 Å². The zero-order chi connectivity index (χ0) is 20.6. The number of hydrogen-bond acceptors (Lipinski definition) is 5. The second-order valence-corrected chi connectivity index (χ2v) is 8.25. The van der Waals surface area contributed by atoms with Crippen molar-refractivity contribution in [3.8, 4) is 11.5 Å². The van der Waals surface area contributed by atoms with Gasteiger partial charge in [-0.05, 0) is 44.2 Å². The van der Waals surface area contributed by atoms with E-state index in [1.807, 2.05) is 12.1 Å². The summed E-state index contributed by atoms with van der Waals surface area (Å²) >= 11 is 0. The molecule has 2 heterocycles. The van der Waals surface area contributed by atoms with Crippen LogP contribution in [0.25, 0.3) is 0 Å². The maximum absolute atomic E-state index is 6.18. The van der Waals surface area contributed by atoms with Crippen molar-refractivity contribution in [2.24, 2.45) is 0 Å². The fourth-order valence-corrected chi connectivity index (χ4v) is 3.88. The molecule has 2 atom stereocenters. The van der Waals surface area contributed by atoms with Crippen LogP contribution in [-0.4, -0.2) is 38.6 Å². The van der Waals surface area contributed by atoms with Crippen LogP contribution in [0.3, 0.4) is 0 Å². The minimum Gasteiger partial charge on any atom is -0.491 e. The second-order valence-electron chi connectivity index (χ2n) is 8.25. The molecule has 2 aromatic rings. The first-order valence-electron chi connectivity index (χ1n) is 11.1. The highest BCUT2D eigenvalue weighted by atomic mass is 16.5. The van der Waals surface area contributed by atoms with Crippen molar-refractivity contribution in [2.75, 3.05) is 26.4 Å². The molecule has 2 aliphatic heterocycles. The predicted octanol–water partition coefficient (Wildman–Crippen LogP) is 4.40. The van der Waals surface area contributed by atoms with Crippen molar-refractivity contribution in [3.63, 3.8) is 0 Å². The Labute approximate surface area is 179 Å². The molecule has 0 amide bonds. The molecule has 5 nitrogen and oxygen atoms in total. The van der Waals surface area contributed by atoms with Gasteiger partial charge in [0, 0.05) is 37.9 Å². The van der Waals surface area contributed by atoms with Crippen LogP contribution in [0, 0.1) is 6.92 Å². The normalized spacial score (nSPS) is 21.1. The highest BCUT2D eigenvalue weighted by molar-refractivity contribution is 5.41. The van der Waals surface area contributed by atoms with E-state index in [4.69, 9.17) is 18.9 Å². The first-order chi connectivity index (χ1) is 14.8. The summed E-state index contributed by atoms with van der Waals surface area (Å²) < 4.78 is 23.5. The number of nitrogens with one attached hydrogen (secondary N) is 1. The molecule has 162 valence electrons. The molecule has 2 aromatic carbocycles. The van der Waals surface area contributed by atoms with Crippen molar-refractivity contribution in [2.45, 2.75) is 57.9 Å². The molecule has 30 heavy (non-hydrogen) atoms. The average Bonchev–Trinajstić information content (AvgIpc) is 3.47. The van der Waals surface area contributed by atoms with Crippen LogP contribution < -0.4 is 14.8 Å². The smallest absolute Gasteiger partial charge is 0.127 e. The molecule has 0 aromatic heterocycles. The molecule has 0 saturated carbocycles. The fourth-order valence-electron chi connectivity index (χ4n) is 3.88. The van der Waals surface area contributed by atoms with Gasteiger partial charge in [0.05, 0.1) is 12.2 Å². The monoisotopic (exact) mass is 411 g/mol. The third kappa shape index (κ3) is 6.21. The van der Waals surface area contributed by atoms with E-state index in [-0.39, 0.29) is 12.2 Å². The molecule has 0 aliphatic carbocycles. The van der Waals surface area contributed by atoms with E-state index in [1.54, 1.807) is 0 Å². The molecular weight excluding hydrogens is 378 g/mol. The average molecular weight is 412 g/mol. The fraction of sp³-hybridized carbons (Fsp3) is 0.520. The van der Waals surface area contributed by atoms with Gasteiger partial charge in [-0.25, -0.2) is 0 Å². The molecule has 0 bridgehead atoms. The summed E-state index contributed by atoms with van der Waals surface area (Å²) in [7, 11) is 0. The Morgan fingerprint density at radius 1 is 0.867 bits per heavy atom. The lowest BCUT2D eigenvalue weighted by Gasteiger charge is -2.17. The molecule has 1 N–H and O–H groups in total. The maximum atomic E-state index is 6.18. The Morgan fingerprint density at radius 2 is 1.57 bits per heavy atom. The predicted molar refractivity (Wildman–Crippen MR) is 117 cm³/mol. The van der Waals surface area contributed by atoms with Crippen molar-refractivity contribution < 1.29 is 18.9 Å². The van der Waals surface area contributed by atoms with E-state index >= 15 is 0 Å². The molecular formula is C25H33NO4. The first-order valence-corrected chi connectivity index (χ1v) is 11.1. The van der Waals surface area contributed by atoms with Crippen LogP contribution in [0.4, 0.5) is 0 Å². The SMILES string of the molecule is Cc1ccc(CNCc2ccc(OCC3CCCO3)cc2OCC2CCCO2)cc1. The molecule has 2 aliphatic rings. The third-order valence-electron chi connectivity index (χ3n) is 5.71. The summed E-state index contributed by atoms with van der Waals surface area (Å²) in [4.78, 5) is 0. The Bertz CT molecular complexity index is 780. The summed E-state index contributed by atoms with van der Waals surface area (Å²) in [5, 5.41) is 3.53. The summed E-state index contributed by atoms with van der Waals surface area (Å²) in [5.41, 5.74) is 3.69. The Balaban J connectivity index is 1.36. The first kappa shape index (κ1) is 21.2. The number of aryl methyl sites for hydroxylation is 1. The number of hydrogen-bond donors (Lipinski definition) is 1. The van der Waals surface area contributed by atoms with E-state index in [2.05, 4.69) is 42.6 Å². The summed E-state index contributed by atoms with van der Waals surface area (Å²) in [6.07, 6.45) is 4.77. The largest absolute Gasteiger partial charge is 0.491 e. The summed E-state index contributed by atoms with van der Waals surface area (Å²) in [5.74, 6) is 1.70. The maximum Gasteiger partial charge on any atom is 0.127 e. The van der Waals surface area contributed by atoms with Crippen LogP contribution >= 0.6 is 0 Å². The van der Waals surface area contributed by atoms with Crippen molar-refractivity contribution >= 4 is 0 Å². The Morgan fingerprint density at radius 3 is 2.23 bits per heavy atom. The lowest BCUT2D eigenvalue weighted by atomic mass is 10.1. The quantitative estimate of drug-likeness (QED) is 0.628. The van der Waals surface area contributed by atoms with Crippen LogP contribution in [-0.2, 0) is 22.6 Å². The van der Waals surface area contributed by atoms with Gasteiger partial charge < -0.3 is 24.3 Å². The van der Waals surface area contributed by atoms with Crippen LogP contribution in [0.1, 0.15) is 42.4 Å². The zero-order valence-electron chi connectivity index (χ0n) is 17.9. The van der Waals surface area contributed by atoms with Crippen molar-refractivity contribution in [3.05, 3.63) is 59.2 Å². The van der Waals surface area contributed by atoms with E-state index in [1.165, 1.54) is 11.1 Å². The van der Waals surface area contributed by atoms with Gasteiger partial charge >= 0.3 is 0 Å². The van der Waals surface area contributed by atoms with E-state index < -0.39 is 0 Å². The molecule has 2 saturated heterocycles. The van der Waals surface area contributed by atoms with Crippen molar-refractivity contribution in [1.82, 2.24) is 5.32 Å². The minimum absolute atomic E-state index is 0.190. The standard InChI is InChI=1S/C25H33NO4/c1-19-6-8-20(9-7-19)15-26-16-21-10-11-22(29-17-23-4-2-12-27-23)14-25(21)30-18-24-5-3-13-28-24/h6-11,14,23-24,26H,2-5,12-13,15-18H2,1H3. The van der Waals surface area contributed by atoms with Gasteiger partial charge in [0.1, 0.15) is 24.7 Å². The molecule has 0 spiro atoms. The molecule has 5 heteroatoms. The van der Waals surface area contributed by atoms with Crippen LogP contribution in [0.5, 0.6) is 11.5 Å². The van der Waals surface area contributed by atoms with Crippen LogP contribution in [0.2, 0.25) is 0 Å². The number of ether oxygens (including phenoxy) is 4. The van der Waals surface area contributed by atoms with Gasteiger partial charge in [-0.15, -0.1) is 0 Å². The van der Waals surface area contributed by atoms with Crippen molar-refractivity contribution in [1.29, 1.82) is 0 Å². The van der Waals surface area contributed by atoms with Gasteiger partial charge in [0.15, 0.2) is 0 Å². The molecule has 0 radical (unpaired) electrons. The van der Waals surface area contributed by atoms with E-state index in [9.17, 15) is 0 Å². The number of rotatable bonds is 10. The summed E-state index contributed by atoms with van der Waals surface area (Å²) in [6, 6.07) is 14.8. The second kappa shape index (κ2) is 10.8. The van der Waals surface area contributed by atoms with Gasteiger partial charge in [0.25, 0.3) is 0 Å². The molecule has 4 rings (SSSR count). The van der Waals surface area contributed by atoms with Gasteiger partial charge in [-0.1, -0.05) is 35.9 Å². The lowest BCUT2D eigenvalue weighted by Crippen LogP contribution is -2.19. The highest BCUT2D eigenvalue weighted by Crippen LogP contribution is 2.27. The minimum atomic E-state index is 0.190. The van der Waals surface area contributed by atoms with E-state index in [0.717, 1.165) is 69.0 Å². The van der Waals surface area contributed by atoms with Gasteiger partial charge in [-0.3, -0.25) is 0 Å². The van der Waals surface area contributed by atoms with Gasteiger partial charge in [-0.2, -0.15) is 0 Å². The molecule has 2 fully saturated rings. The topological polar surface area (TPSA) is 49.0 Å². The number of benzene rings is 2.